The summed E-state index contributed by atoms with van der Waals surface area (Å²) in [6.45, 7) is 1.70. The predicted molar refractivity (Wildman–Crippen MR) is 91.5 cm³/mol. The number of urea groups is 1. The van der Waals surface area contributed by atoms with E-state index in [1.54, 1.807) is 25.1 Å². The molecule has 0 aliphatic carbocycles. The number of carbonyl (C=O) groups excluding carboxylic acids is 1. The van der Waals surface area contributed by atoms with Gasteiger partial charge in [0.1, 0.15) is 5.82 Å². The van der Waals surface area contributed by atoms with Crippen molar-refractivity contribution in [1.29, 1.82) is 0 Å². The Kier molecular flexibility index (Phi) is 4.37. The summed E-state index contributed by atoms with van der Waals surface area (Å²) in [5.74, 6) is 0.454. The number of alkyl halides is 3. The summed E-state index contributed by atoms with van der Waals surface area (Å²) in [7, 11) is 0. The quantitative estimate of drug-likeness (QED) is 0.490. The fourth-order valence-electron chi connectivity index (χ4n) is 2.39. The van der Waals surface area contributed by atoms with E-state index in [0.29, 0.717) is 28.1 Å². The van der Waals surface area contributed by atoms with Crippen LogP contribution in [-0.2, 0) is 6.18 Å². The summed E-state index contributed by atoms with van der Waals surface area (Å²) >= 11 is 0. The summed E-state index contributed by atoms with van der Waals surface area (Å²) in [5.41, 5.74) is 9.55. The summed E-state index contributed by atoms with van der Waals surface area (Å²) in [4.78, 5) is 18.2. The van der Waals surface area contributed by atoms with Crippen LogP contribution < -0.4 is 11.2 Å². The van der Waals surface area contributed by atoms with Crippen molar-refractivity contribution in [2.24, 2.45) is 10.8 Å². The zero-order valence-corrected chi connectivity index (χ0v) is 13.6. The minimum atomic E-state index is -4.38. The molecule has 1 aromatic heterocycles. The van der Waals surface area contributed by atoms with Crippen LogP contribution in [0.3, 0.4) is 0 Å². The van der Waals surface area contributed by atoms with Crippen LogP contribution in [0.2, 0.25) is 0 Å². The number of aromatic amines is 1. The number of nitrogens with one attached hydrogen (secondary N) is 2. The number of imidazole rings is 1. The Morgan fingerprint density at radius 1 is 1.19 bits per heavy atom. The molecule has 0 saturated heterocycles. The predicted octanol–water partition coefficient (Wildman–Crippen LogP) is 3.64. The number of hydrogen-bond acceptors (Lipinski definition) is 3. The first-order valence-electron chi connectivity index (χ1n) is 7.51. The second kappa shape index (κ2) is 6.51. The van der Waals surface area contributed by atoms with Gasteiger partial charge in [-0.25, -0.2) is 15.2 Å². The van der Waals surface area contributed by atoms with E-state index in [4.69, 9.17) is 5.73 Å². The Morgan fingerprint density at radius 3 is 2.50 bits per heavy atom. The molecule has 3 rings (SSSR count). The number of fused-ring (bicyclic) bond motifs is 1. The SMILES string of the molecule is C/C(=N\NC(N)=O)c1ccc2nc(-c3ccc(C(F)(F)F)cc3)[nH]c2c1. The maximum atomic E-state index is 12.7. The summed E-state index contributed by atoms with van der Waals surface area (Å²) < 4.78 is 38.0. The van der Waals surface area contributed by atoms with Crippen molar-refractivity contribution in [2.45, 2.75) is 13.1 Å². The molecular weight excluding hydrogens is 347 g/mol. The summed E-state index contributed by atoms with van der Waals surface area (Å²) in [5, 5.41) is 3.85. The highest BCUT2D eigenvalue weighted by Crippen LogP contribution is 2.30. The number of halogens is 3. The van der Waals surface area contributed by atoms with Crippen LogP contribution in [0.15, 0.2) is 47.6 Å². The van der Waals surface area contributed by atoms with Gasteiger partial charge >= 0.3 is 12.2 Å². The Morgan fingerprint density at radius 2 is 1.88 bits per heavy atom. The first-order chi connectivity index (χ1) is 12.2. The van der Waals surface area contributed by atoms with Gasteiger partial charge in [0.15, 0.2) is 0 Å². The lowest BCUT2D eigenvalue weighted by atomic mass is 10.1. The van der Waals surface area contributed by atoms with Crippen LogP contribution >= 0.6 is 0 Å². The highest BCUT2D eigenvalue weighted by atomic mass is 19.4. The molecule has 0 fully saturated rings. The van der Waals surface area contributed by atoms with Gasteiger partial charge in [-0.3, -0.25) is 0 Å². The second-order valence-electron chi connectivity index (χ2n) is 5.57. The highest BCUT2D eigenvalue weighted by molar-refractivity contribution is 6.01. The molecule has 2 aromatic carbocycles. The number of nitrogens with two attached hydrogens (primary N) is 1. The number of hydrazone groups is 1. The lowest BCUT2D eigenvalue weighted by Gasteiger charge is -2.06. The van der Waals surface area contributed by atoms with Gasteiger partial charge in [-0.05, 0) is 36.8 Å². The van der Waals surface area contributed by atoms with Crippen molar-refractivity contribution in [2.75, 3.05) is 0 Å². The van der Waals surface area contributed by atoms with Crippen LogP contribution in [0, 0.1) is 0 Å². The lowest BCUT2D eigenvalue weighted by Crippen LogP contribution is -2.25. The van der Waals surface area contributed by atoms with Crippen LogP contribution in [-0.4, -0.2) is 21.7 Å². The molecule has 0 spiro atoms. The fourth-order valence-corrected chi connectivity index (χ4v) is 2.39. The number of amides is 2. The molecule has 0 bridgehead atoms. The molecule has 0 unspecified atom stereocenters. The fraction of sp³-hybridized carbons (Fsp3) is 0.118. The summed E-state index contributed by atoms with van der Waals surface area (Å²) in [6.07, 6.45) is -4.38. The van der Waals surface area contributed by atoms with Crippen molar-refractivity contribution < 1.29 is 18.0 Å². The van der Waals surface area contributed by atoms with E-state index >= 15 is 0 Å². The van der Waals surface area contributed by atoms with Crippen LogP contribution in [0.1, 0.15) is 18.1 Å². The van der Waals surface area contributed by atoms with E-state index < -0.39 is 17.8 Å². The number of benzene rings is 2. The first-order valence-corrected chi connectivity index (χ1v) is 7.51. The standard InChI is InChI=1S/C17H14F3N5O/c1-9(24-25-16(21)26)11-4-7-13-14(8-11)23-15(22-13)10-2-5-12(6-3-10)17(18,19)20/h2-8H,1H3,(H,22,23)(H3,21,25,26)/b24-9+. The Hall–Kier alpha value is -3.36. The van der Waals surface area contributed by atoms with Crippen molar-refractivity contribution in [1.82, 2.24) is 15.4 Å². The van der Waals surface area contributed by atoms with Gasteiger partial charge in [0, 0.05) is 5.56 Å². The molecular formula is C17H14F3N5O. The lowest BCUT2D eigenvalue weighted by molar-refractivity contribution is -0.137. The molecule has 1 heterocycles. The minimum absolute atomic E-state index is 0.454. The summed E-state index contributed by atoms with van der Waals surface area (Å²) in [6, 6.07) is 9.28. The van der Waals surface area contributed by atoms with Crippen LogP contribution in [0.25, 0.3) is 22.4 Å². The van der Waals surface area contributed by atoms with E-state index in [1.165, 1.54) is 12.1 Å². The van der Waals surface area contributed by atoms with E-state index in [0.717, 1.165) is 17.7 Å². The molecule has 9 heteroatoms. The monoisotopic (exact) mass is 361 g/mol. The molecule has 0 saturated carbocycles. The zero-order valence-electron chi connectivity index (χ0n) is 13.6. The molecule has 6 nitrogen and oxygen atoms in total. The van der Waals surface area contributed by atoms with E-state index in [9.17, 15) is 18.0 Å². The molecule has 3 aromatic rings. The second-order valence-corrected chi connectivity index (χ2v) is 5.57. The van der Waals surface area contributed by atoms with Gasteiger partial charge in [0.25, 0.3) is 0 Å². The highest BCUT2D eigenvalue weighted by Gasteiger charge is 2.30. The molecule has 134 valence electrons. The Labute approximate surface area is 145 Å². The molecule has 0 aliphatic rings. The zero-order chi connectivity index (χ0) is 18.9. The maximum Gasteiger partial charge on any atom is 0.416 e. The molecule has 26 heavy (non-hydrogen) atoms. The third-order valence-electron chi connectivity index (χ3n) is 3.72. The van der Waals surface area contributed by atoms with Crippen molar-refractivity contribution in [3.8, 4) is 11.4 Å². The minimum Gasteiger partial charge on any atom is -0.350 e. The maximum absolute atomic E-state index is 12.7. The smallest absolute Gasteiger partial charge is 0.350 e. The number of aromatic nitrogens is 2. The van der Waals surface area contributed by atoms with Crippen molar-refractivity contribution >= 4 is 22.8 Å². The average molecular weight is 361 g/mol. The average Bonchev–Trinajstić information content (AvgIpc) is 3.02. The number of rotatable bonds is 3. The molecule has 0 atom stereocenters. The van der Waals surface area contributed by atoms with E-state index in [-0.39, 0.29) is 0 Å². The number of H-pyrrole nitrogens is 1. The topological polar surface area (TPSA) is 96.2 Å². The van der Waals surface area contributed by atoms with Gasteiger partial charge < -0.3 is 10.7 Å². The first kappa shape index (κ1) is 17.5. The van der Waals surface area contributed by atoms with Gasteiger partial charge in [-0.15, -0.1) is 0 Å². The molecule has 0 radical (unpaired) electrons. The number of carbonyl (C=O) groups is 1. The van der Waals surface area contributed by atoms with Crippen molar-refractivity contribution in [3.05, 3.63) is 53.6 Å². The van der Waals surface area contributed by atoms with Crippen LogP contribution in [0.5, 0.6) is 0 Å². The van der Waals surface area contributed by atoms with E-state index in [2.05, 4.69) is 20.5 Å². The van der Waals surface area contributed by atoms with Gasteiger partial charge in [0.05, 0.1) is 22.3 Å². The number of primary amides is 1. The largest absolute Gasteiger partial charge is 0.416 e. The van der Waals surface area contributed by atoms with Gasteiger partial charge in [-0.1, -0.05) is 18.2 Å². The van der Waals surface area contributed by atoms with Crippen LogP contribution in [0.4, 0.5) is 18.0 Å². The molecule has 0 aliphatic heterocycles. The van der Waals surface area contributed by atoms with Gasteiger partial charge in [0.2, 0.25) is 0 Å². The number of hydrogen-bond donors (Lipinski definition) is 3. The molecule has 2 amide bonds. The normalized spacial score (nSPS) is 12.4. The third-order valence-corrected chi connectivity index (χ3v) is 3.72. The van der Waals surface area contributed by atoms with E-state index in [1.807, 2.05) is 0 Å². The molecule has 4 N–H and O–H groups in total. The van der Waals surface area contributed by atoms with Gasteiger partial charge in [-0.2, -0.15) is 18.3 Å². The van der Waals surface area contributed by atoms with Crippen molar-refractivity contribution in [3.63, 3.8) is 0 Å². The third kappa shape index (κ3) is 3.66. The Balaban J connectivity index is 1.92. The number of nitrogens with zero attached hydrogens (tertiary/aromatic N) is 2. The Bertz CT molecular complexity index is 990.